The second kappa shape index (κ2) is 7.89. The highest BCUT2D eigenvalue weighted by Gasteiger charge is 2.25. The van der Waals surface area contributed by atoms with Crippen molar-refractivity contribution in [3.8, 4) is 0 Å². The molecule has 1 aliphatic carbocycles. The first kappa shape index (κ1) is 16.4. The number of nitro groups is 1. The van der Waals surface area contributed by atoms with Crippen LogP contribution in [0.25, 0.3) is 0 Å². The summed E-state index contributed by atoms with van der Waals surface area (Å²) in [5.41, 5.74) is 0.831. The minimum Gasteiger partial charge on any atom is -0.396 e. The molecule has 1 aliphatic rings. The van der Waals surface area contributed by atoms with Gasteiger partial charge in [0.15, 0.2) is 0 Å². The number of rotatable bonds is 6. The summed E-state index contributed by atoms with van der Waals surface area (Å²) in [7, 11) is 0. The van der Waals surface area contributed by atoms with E-state index in [1.54, 1.807) is 12.1 Å². The Hall–Kier alpha value is -1.95. The van der Waals surface area contributed by atoms with Crippen LogP contribution < -0.4 is 5.32 Å². The molecular weight excluding hydrogens is 284 g/mol. The van der Waals surface area contributed by atoms with Gasteiger partial charge >= 0.3 is 0 Å². The van der Waals surface area contributed by atoms with E-state index in [4.69, 9.17) is 0 Å². The molecule has 120 valence electrons. The zero-order valence-electron chi connectivity index (χ0n) is 12.5. The standard InChI is InChI=1S/C16H22N2O4/c19-11-13-5-1-2-7-15(13)17-16(20)9-8-12-4-3-6-14(10-12)18(21)22/h3-4,6,10,13,15,19H,1-2,5,7-9,11H2,(H,17,20). The summed E-state index contributed by atoms with van der Waals surface area (Å²) in [6.07, 6.45) is 4.82. The molecule has 0 aliphatic heterocycles. The summed E-state index contributed by atoms with van der Waals surface area (Å²) in [4.78, 5) is 22.3. The van der Waals surface area contributed by atoms with Gasteiger partial charge < -0.3 is 10.4 Å². The van der Waals surface area contributed by atoms with Crippen molar-refractivity contribution in [3.63, 3.8) is 0 Å². The van der Waals surface area contributed by atoms with E-state index in [2.05, 4.69) is 5.32 Å². The Morgan fingerprint density at radius 2 is 2.14 bits per heavy atom. The average Bonchev–Trinajstić information content (AvgIpc) is 2.53. The van der Waals surface area contributed by atoms with E-state index < -0.39 is 4.92 Å². The van der Waals surface area contributed by atoms with Crippen LogP contribution in [0.4, 0.5) is 5.69 Å². The van der Waals surface area contributed by atoms with Gasteiger partial charge in [0.05, 0.1) is 4.92 Å². The molecule has 2 unspecified atom stereocenters. The predicted molar refractivity (Wildman–Crippen MR) is 82.4 cm³/mol. The highest BCUT2D eigenvalue weighted by molar-refractivity contribution is 5.76. The number of aliphatic hydroxyl groups is 1. The van der Waals surface area contributed by atoms with Crippen molar-refractivity contribution in [1.29, 1.82) is 0 Å². The molecule has 0 radical (unpaired) electrons. The second-order valence-corrected chi connectivity index (χ2v) is 5.83. The van der Waals surface area contributed by atoms with Crippen molar-refractivity contribution >= 4 is 11.6 Å². The number of aryl methyl sites for hydroxylation is 1. The van der Waals surface area contributed by atoms with E-state index >= 15 is 0 Å². The number of nitrogens with zero attached hydrogens (tertiary/aromatic N) is 1. The van der Waals surface area contributed by atoms with Crippen LogP contribution in [0.2, 0.25) is 0 Å². The Morgan fingerprint density at radius 3 is 2.86 bits per heavy atom. The van der Waals surface area contributed by atoms with Crippen LogP contribution in [0, 0.1) is 16.0 Å². The van der Waals surface area contributed by atoms with Crippen LogP contribution in [0.5, 0.6) is 0 Å². The molecule has 0 spiro atoms. The summed E-state index contributed by atoms with van der Waals surface area (Å²) in [6, 6.07) is 6.42. The topological polar surface area (TPSA) is 92.5 Å². The molecule has 0 aromatic heterocycles. The van der Waals surface area contributed by atoms with E-state index in [0.29, 0.717) is 12.8 Å². The average molecular weight is 306 g/mol. The molecule has 0 saturated heterocycles. The summed E-state index contributed by atoms with van der Waals surface area (Å²) < 4.78 is 0. The fraction of sp³-hybridized carbons (Fsp3) is 0.562. The van der Waals surface area contributed by atoms with Gasteiger partial charge in [0.1, 0.15) is 0 Å². The van der Waals surface area contributed by atoms with Crippen LogP contribution >= 0.6 is 0 Å². The maximum Gasteiger partial charge on any atom is 0.269 e. The molecule has 2 N–H and O–H groups in total. The quantitative estimate of drug-likeness (QED) is 0.622. The Kier molecular flexibility index (Phi) is 5.89. The lowest BCUT2D eigenvalue weighted by Gasteiger charge is -2.30. The monoisotopic (exact) mass is 306 g/mol. The summed E-state index contributed by atoms with van der Waals surface area (Å²) in [6.45, 7) is 0.107. The number of carbonyl (C=O) groups is 1. The van der Waals surface area contributed by atoms with Crippen molar-refractivity contribution < 1.29 is 14.8 Å². The zero-order valence-corrected chi connectivity index (χ0v) is 12.5. The molecule has 1 aromatic rings. The minimum absolute atomic E-state index is 0.0468. The molecule has 22 heavy (non-hydrogen) atoms. The number of nitrogens with one attached hydrogen (secondary N) is 1. The Morgan fingerprint density at radius 1 is 1.36 bits per heavy atom. The number of hydrogen-bond acceptors (Lipinski definition) is 4. The summed E-state index contributed by atoms with van der Waals surface area (Å²) >= 11 is 0. The number of non-ortho nitro benzene ring substituents is 1. The number of aliphatic hydroxyl groups excluding tert-OH is 1. The number of nitro benzene ring substituents is 1. The van der Waals surface area contributed by atoms with Crippen molar-refractivity contribution in [3.05, 3.63) is 39.9 Å². The predicted octanol–water partition coefficient (Wildman–Crippen LogP) is 2.19. The van der Waals surface area contributed by atoms with Crippen LogP contribution in [0.3, 0.4) is 0 Å². The van der Waals surface area contributed by atoms with Gasteiger partial charge in [-0.25, -0.2) is 0 Å². The third-order valence-corrected chi connectivity index (χ3v) is 4.25. The maximum absolute atomic E-state index is 12.0. The second-order valence-electron chi connectivity index (χ2n) is 5.83. The van der Waals surface area contributed by atoms with Gasteiger partial charge in [-0.3, -0.25) is 14.9 Å². The minimum atomic E-state index is -0.433. The fourth-order valence-electron chi connectivity index (χ4n) is 2.98. The first-order valence-electron chi connectivity index (χ1n) is 7.73. The lowest BCUT2D eigenvalue weighted by Crippen LogP contribution is -2.43. The molecule has 0 heterocycles. The van der Waals surface area contributed by atoms with Gasteiger partial charge in [-0.2, -0.15) is 0 Å². The molecule has 2 atom stereocenters. The summed E-state index contributed by atoms with van der Waals surface area (Å²) in [5, 5.41) is 23.1. The highest BCUT2D eigenvalue weighted by atomic mass is 16.6. The molecule has 6 nitrogen and oxygen atoms in total. The lowest BCUT2D eigenvalue weighted by molar-refractivity contribution is -0.384. The smallest absolute Gasteiger partial charge is 0.269 e. The van der Waals surface area contributed by atoms with E-state index in [1.807, 2.05) is 0 Å². The number of hydrogen-bond donors (Lipinski definition) is 2. The number of amides is 1. The van der Waals surface area contributed by atoms with E-state index in [-0.39, 0.29) is 30.2 Å². The van der Waals surface area contributed by atoms with Crippen LogP contribution in [-0.2, 0) is 11.2 Å². The third-order valence-electron chi connectivity index (χ3n) is 4.25. The van der Waals surface area contributed by atoms with E-state index in [0.717, 1.165) is 31.2 Å². The van der Waals surface area contributed by atoms with Gasteiger partial charge in [-0.15, -0.1) is 0 Å². The van der Waals surface area contributed by atoms with Gasteiger partial charge in [0.25, 0.3) is 5.69 Å². The first-order valence-corrected chi connectivity index (χ1v) is 7.73. The molecule has 1 saturated carbocycles. The molecule has 6 heteroatoms. The van der Waals surface area contributed by atoms with Gasteiger partial charge in [0, 0.05) is 37.1 Å². The van der Waals surface area contributed by atoms with Crippen molar-refractivity contribution in [2.75, 3.05) is 6.61 Å². The van der Waals surface area contributed by atoms with Crippen LogP contribution in [0.15, 0.2) is 24.3 Å². The van der Waals surface area contributed by atoms with E-state index in [1.165, 1.54) is 12.1 Å². The van der Waals surface area contributed by atoms with Gasteiger partial charge in [-0.1, -0.05) is 25.0 Å². The molecular formula is C16H22N2O4. The molecule has 2 rings (SSSR count). The molecule has 1 amide bonds. The van der Waals surface area contributed by atoms with Crippen molar-refractivity contribution in [2.24, 2.45) is 5.92 Å². The van der Waals surface area contributed by atoms with E-state index in [9.17, 15) is 20.0 Å². The largest absolute Gasteiger partial charge is 0.396 e. The van der Waals surface area contributed by atoms with Crippen LogP contribution in [-0.4, -0.2) is 28.6 Å². The fourth-order valence-corrected chi connectivity index (χ4v) is 2.98. The normalized spacial score (nSPS) is 21.3. The highest BCUT2D eigenvalue weighted by Crippen LogP contribution is 2.24. The van der Waals surface area contributed by atoms with Crippen molar-refractivity contribution in [2.45, 2.75) is 44.6 Å². The van der Waals surface area contributed by atoms with Crippen molar-refractivity contribution in [1.82, 2.24) is 5.32 Å². The Bertz CT molecular complexity index is 533. The third kappa shape index (κ3) is 4.53. The Labute approximate surface area is 129 Å². The van der Waals surface area contributed by atoms with Gasteiger partial charge in [0.2, 0.25) is 5.91 Å². The Balaban J connectivity index is 1.84. The first-order chi connectivity index (χ1) is 10.6. The molecule has 0 bridgehead atoms. The SMILES string of the molecule is O=C(CCc1cccc([N+](=O)[O-])c1)NC1CCCCC1CO. The summed E-state index contributed by atoms with van der Waals surface area (Å²) in [5.74, 6) is 0.0902. The number of benzene rings is 1. The zero-order chi connectivity index (χ0) is 15.9. The lowest BCUT2D eigenvalue weighted by atomic mass is 9.85. The maximum atomic E-state index is 12.0. The molecule has 1 aromatic carbocycles. The van der Waals surface area contributed by atoms with Crippen LogP contribution in [0.1, 0.15) is 37.7 Å². The van der Waals surface area contributed by atoms with Gasteiger partial charge in [-0.05, 0) is 24.8 Å². The number of carbonyl (C=O) groups excluding carboxylic acids is 1. The molecule has 1 fully saturated rings.